The van der Waals surface area contributed by atoms with E-state index in [1.165, 1.54) is 0 Å². The van der Waals surface area contributed by atoms with Gasteiger partial charge in [0.1, 0.15) is 17.3 Å². The van der Waals surface area contributed by atoms with Gasteiger partial charge in [0, 0.05) is 31.2 Å². The minimum Gasteiger partial charge on any atom is -0.493 e. The zero-order chi connectivity index (χ0) is 24.5. The summed E-state index contributed by atoms with van der Waals surface area (Å²) < 4.78 is 16.9. The number of hydrogen-bond donors (Lipinski definition) is 0. The molecule has 0 unspecified atom stereocenters. The second kappa shape index (κ2) is 9.33. The first-order valence-corrected chi connectivity index (χ1v) is 11.7. The minimum atomic E-state index is -0.0224. The van der Waals surface area contributed by atoms with Crippen molar-refractivity contribution in [1.82, 2.24) is 9.80 Å². The number of para-hydroxylation sites is 2. The smallest absolute Gasteiger partial charge is 0.254 e. The second-order valence-electron chi connectivity index (χ2n) is 8.87. The third-order valence-electron chi connectivity index (χ3n) is 6.51. The highest BCUT2D eigenvalue weighted by atomic mass is 16.5. The first kappa shape index (κ1) is 22.8. The molecule has 2 aliphatic rings. The highest BCUT2D eigenvalue weighted by molar-refractivity contribution is 6.04. The molecule has 2 heterocycles. The third kappa shape index (κ3) is 4.30. The van der Waals surface area contributed by atoms with Gasteiger partial charge in [-0.25, -0.2) is 4.99 Å². The summed E-state index contributed by atoms with van der Waals surface area (Å²) in [5, 5.41) is 0. The molecule has 3 aromatic rings. The molecule has 2 aliphatic heterocycles. The molecule has 7 heteroatoms. The van der Waals surface area contributed by atoms with E-state index in [0.29, 0.717) is 36.7 Å². The summed E-state index contributed by atoms with van der Waals surface area (Å²) >= 11 is 0. The average Bonchev–Trinajstić information content (AvgIpc) is 3.04. The van der Waals surface area contributed by atoms with E-state index >= 15 is 0 Å². The predicted octanol–water partition coefficient (Wildman–Crippen LogP) is 5.04. The molecular formula is C28H29N3O4. The first-order valence-electron chi connectivity index (χ1n) is 11.7. The van der Waals surface area contributed by atoms with E-state index in [-0.39, 0.29) is 11.9 Å². The molecule has 1 amide bonds. The van der Waals surface area contributed by atoms with Crippen molar-refractivity contribution >= 4 is 17.4 Å². The summed E-state index contributed by atoms with van der Waals surface area (Å²) in [6.45, 7) is 6.05. The van der Waals surface area contributed by atoms with E-state index in [4.69, 9.17) is 19.2 Å². The molecule has 1 fully saturated rings. The van der Waals surface area contributed by atoms with Crippen LogP contribution in [0.2, 0.25) is 0 Å². The number of rotatable bonds is 3. The molecule has 0 spiro atoms. The summed E-state index contributed by atoms with van der Waals surface area (Å²) in [6, 6.07) is 19.3. The van der Waals surface area contributed by atoms with E-state index in [2.05, 4.69) is 24.8 Å². The van der Waals surface area contributed by atoms with Gasteiger partial charge in [-0.15, -0.1) is 0 Å². The Morgan fingerprint density at radius 2 is 1.77 bits per heavy atom. The number of benzene rings is 3. The van der Waals surface area contributed by atoms with Crippen LogP contribution in [0.25, 0.3) is 0 Å². The molecule has 180 valence electrons. The van der Waals surface area contributed by atoms with Crippen molar-refractivity contribution in [1.29, 1.82) is 0 Å². The SMILES string of the molecule is COc1ccc(C(=O)N2CCN(C3=Nc4ccccc4Oc4ccc(C)cc43)C[C@H]2C)cc1OC. The number of fused-ring (bicyclic) bond motifs is 2. The Bertz CT molecular complexity index is 1300. The lowest BCUT2D eigenvalue weighted by Crippen LogP contribution is -2.55. The number of aryl methyl sites for hydroxylation is 1. The van der Waals surface area contributed by atoms with E-state index in [0.717, 1.165) is 34.1 Å². The van der Waals surface area contributed by atoms with Crippen LogP contribution in [0.3, 0.4) is 0 Å². The van der Waals surface area contributed by atoms with Gasteiger partial charge in [0.2, 0.25) is 0 Å². The Labute approximate surface area is 205 Å². The van der Waals surface area contributed by atoms with E-state index in [9.17, 15) is 4.79 Å². The quantitative estimate of drug-likeness (QED) is 0.535. The van der Waals surface area contributed by atoms with Crippen LogP contribution in [0, 0.1) is 6.92 Å². The Hall–Kier alpha value is -4.00. The van der Waals surface area contributed by atoms with Gasteiger partial charge < -0.3 is 24.0 Å². The van der Waals surface area contributed by atoms with Gasteiger partial charge in [0.05, 0.1) is 19.8 Å². The Morgan fingerprint density at radius 3 is 2.54 bits per heavy atom. The predicted molar refractivity (Wildman–Crippen MR) is 136 cm³/mol. The fraction of sp³-hybridized carbons (Fsp3) is 0.286. The summed E-state index contributed by atoms with van der Waals surface area (Å²) in [6.07, 6.45) is 0. The minimum absolute atomic E-state index is 0.0141. The lowest BCUT2D eigenvalue weighted by molar-refractivity contribution is 0.0581. The number of amides is 1. The van der Waals surface area contributed by atoms with Crippen molar-refractivity contribution < 1.29 is 19.0 Å². The number of nitrogens with zero attached hydrogens (tertiary/aromatic N) is 3. The number of carbonyl (C=O) groups is 1. The molecule has 0 bridgehead atoms. The van der Waals surface area contributed by atoms with Crippen molar-refractivity contribution in [3.05, 3.63) is 77.4 Å². The van der Waals surface area contributed by atoms with Gasteiger partial charge in [0.25, 0.3) is 5.91 Å². The fourth-order valence-corrected chi connectivity index (χ4v) is 4.66. The van der Waals surface area contributed by atoms with Crippen molar-refractivity contribution in [2.75, 3.05) is 33.9 Å². The maximum Gasteiger partial charge on any atom is 0.254 e. The highest BCUT2D eigenvalue weighted by Crippen LogP contribution is 2.38. The summed E-state index contributed by atoms with van der Waals surface area (Å²) in [5.41, 5.74) is 3.49. The number of piperazine rings is 1. The molecule has 35 heavy (non-hydrogen) atoms. The van der Waals surface area contributed by atoms with Crippen LogP contribution in [0.15, 0.2) is 65.7 Å². The monoisotopic (exact) mass is 471 g/mol. The molecular weight excluding hydrogens is 442 g/mol. The van der Waals surface area contributed by atoms with Gasteiger partial charge in [0.15, 0.2) is 17.2 Å². The maximum atomic E-state index is 13.4. The van der Waals surface area contributed by atoms with Gasteiger partial charge in [-0.05, 0) is 56.3 Å². The fourth-order valence-electron chi connectivity index (χ4n) is 4.66. The molecule has 3 aromatic carbocycles. The normalized spacial score (nSPS) is 16.9. The Morgan fingerprint density at radius 1 is 0.971 bits per heavy atom. The number of amidine groups is 1. The maximum absolute atomic E-state index is 13.4. The highest BCUT2D eigenvalue weighted by Gasteiger charge is 2.32. The van der Waals surface area contributed by atoms with Crippen molar-refractivity contribution in [2.24, 2.45) is 4.99 Å². The largest absolute Gasteiger partial charge is 0.493 e. The van der Waals surface area contributed by atoms with Crippen molar-refractivity contribution in [3.63, 3.8) is 0 Å². The number of carbonyl (C=O) groups excluding carboxylic acids is 1. The standard InChI is InChI=1S/C28H29N3O4/c1-18-9-11-23-21(15-18)27(29-22-7-5-6-8-24(22)35-23)30-13-14-31(19(2)17-30)28(32)20-10-12-25(33-3)26(16-20)34-4/h5-12,15-16,19H,13-14,17H2,1-4H3/t19-/m1/s1. The zero-order valence-corrected chi connectivity index (χ0v) is 20.4. The van der Waals surface area contributed by atoms with E-state index < -0.39 is 0 Å². The molecule has 0 aliphatic carbocycles. The molecule has 0 N–H and O–H groups in total. The van der Waals surface area contributed by atoms with Gasteiger partial charge in [-0.2, -0.15) is 0 Å². The topological polar surface area (TPSA) is 63.6 Å². The molecule has 0 aromatic heterocycles. The number of methoxy groups -OCH3 is 2. The van der Waals surface area contributed by atoms with Crippen molar-refractivity contribution in [3.8, 4) is 23.0 Å². The summed E-state index contributed by atoms with van der Waals surface area (Å²) in [7, 11) is 3.16. The average molecular weight is 472 g/mol. The Kier molecular flexibility index (Phi) is 6.07. The Balaban J connectivity index is 1.43. The van der Waals surface area contributed by atoms with Gasteiger partial charge in [-0.3, -0.25) is 4.79 Å². The van der Waals surface area contributed by atoms with Crippen LogP contribution in [0.4, 0.5) is 5.69 Å². The first-order chi connectivity index (χ1) is 17.0. The van der Waals surface area contributed by atoms with Crippen LogP contribution < -0.4 is 14.2 Å². The van der Waals surface area contributed by atoms with E-state index in [1.54, 1.807) is 32.4 Å². The molecule has 1 saturated heterocycles. The molecule has 7 nitrogen and oxygen atoms in total. The van der Waals surface area contributed by atoms with Crippen LogP contribution in [0.1, 0.15) is 28.4 Å². The second-order valence-corrected chi connectivity index (χ2v) is 8.87. The summed E-state index contributed by atoms with van der Waals surface area (Å²) in [4.78, 5) is 22.6. The van der Waals surface area contributed by atoms with Crippen LogP contribution >= 0.6 is 0 Å². The third-order valence-corrected chi connectivity index (χ3v) is 6.51. The molecule has 0 radical (unpaired) electrons. The number of ether oxygens (including phenoxy) is 3. The summed E-state index contributed by atoms with van der Waals surface area (Å²) in [5.74, 6) is 3.52. The number of hydrogen-bond acceptors (Lipinski definition) is 6. The lowest BCUT2D eigenvalue weighted by Gasteiger charge is -2.41. The van der Waals surface area contributed by atoms with Crippen LogP contribution in [-0.4, -0.2) is 61.4 Å². The van der Waals surface area contributed by atoms with Crippen LogP contribution in [0.5, 0.6) is 23.0 Å². The lowest BCUT2D eigenvalue weighted by atomic mass is 10.1. The molecule has 1 atom stereocenters. The van der Waals surface area contributed by atoms with E-state index in [1.807, 2.05) is 41.3 Å². The van der Waals surface area contributed by atoms with Crippen LogP contribution in [-0.2, 0) is 0 Å². The van der Waals surface area contributed by atoms with Gasteiger partial charge >= 0.3 is 0 Å². The van der Waals surface area contributed by atoms with Crippen molar-refractivity contribution in [2.45, 2.75) is 19.9 Å². The molecule has 5 rings (SSSR count). The zero-order valence-electron chi connectivity index (χ0n) is 20.4. The number of aliphatic imine (C=N–C) groups is 1. The van der Waals surface area contributed by atoms with Gasteiger partial charge in [-0.1, -0.05) is 23.8 Å². The molecule has 0 saturated carbocycles.